The first-order valence-corrected chi connectivity index (χ1v) is 18.3. The van der Waals surface area contributed by atoms with Gasteiger partial charge in [-0.1, -0.05) is 120 Å². The smallest absolute Gasteiger partial charge is 0.146 e. The van der Waals surface area contributed by atoms with E-state index in [2.05, 4.69) is 176 Å². The Morgan fingerprint density at radius 1 is 0.431 bits per heavy atom. The Bertz CT molecular complexity index is 2750. The second kappa shape index (κ2) is 11.2. The van der Waals surface area contributed by atoms with Gasteiger partial charge in [-0.15, -0.1) is 10.9 Å². The Labute approximate surface area is 306 Å². The van der Waals surface area contributed by atoms with E-state index in [-0.39, 0.29) is 5.41 Å². The van der Waals surface area contributed by atoms with Crippen LogP contribution in [0.5, 0.6) is 0 Å². The van der Waals surface area contributed by atoms with Crippen LogP contribution < -0.4 is 38.2 Å². The monoisotopic (exact) mass is 646 g/mol. The number of hydrogen-bond donors (Lipinski definition) is 0. The molecule has 0 aliphatic heterocycles. The van der Waals surface area contributed by atoms with Crippen molar-refractivity contribution in [3.05, 3.63) is 114 Å². The molecule has 0 amide bonds. The van der Waals surface area contributed by atoms with Crippen LogP contribution in [0.15, 0.2) is 103 Å². The van der Waals surface area contributed by atoms with Gasteiger partial charge in [0.1, 0.15) is 60.7 Å². The van der Waals surface area contributed by atoms with Gasteiger partial charge in [-0.2, -0.15) is 0 Å². The SMILES string of the molecule is Bc1c(B)c(B)c2c(c1B)-c1c(B)c(B)c(-c3c4ccccc4c(-c4nc5ccccc5n4-c4ccccc4)c4ccccc34)c(B)c1C2(C)C. The quantitative estimate of drug-likeness (QED) is 0.174. The van der Waals surface area contributed by atoms with Gasteiger partial charge in [-0.25, -0.2) is 4.98 Å². The van der Waals surface area contributed by atoms with E-state index in [9.17, 15) is 0 Å². The summed E-state index contributed by atoms with van der Waals surface area (Å²) in [6.45, 7) is 4.91. The number of fused-ring (bicyclic) bond motifs is 6. The van der Waals surface area contributed by atoms with E-state index in [0.29, 0.717) is 0 Å². The highest BCUT2D eigenvalue weighted by Gasteiger charge is 2.41. The van der Waals surface area contributed by atoms with E-state index in [0.717, 1.165) is 22.5 Å². The van der Waals surface area contributed by atoms with Crippen LogP contribution in [0.3, 0.4) is 0 Å². The lowest BCUT2D eigenvalue weighted by atomic mass is 9.61. The number of benzene rings is 7. The van der Waals surface area contributed by atoms with Crippen molar-refractivity contribution < 1.29 is 0 Å². The molecule has 1 heterocycles. The van der Waals surface area contributed by atoms with E-state index in [1.807, 2.05) is 0 Å². The minimum absolute atomic E-state index is 0.124. The van der Waals surface area contributed by atoms with Crippen molar-refractivity contribution in [2.24, 2.45) is 0 Å². The fourth-order valence-electron chi connectivity index (χ4n) is 9.83. The molecule has 2 nitrogen and oxygen atoms in total. The summed E-state index contributed by atoms with van der Waals surface area (Å²) < 4.78 is 2.34. The van der Waals surface area contributed by atoms with Gasteiger partial charge in [0.25, 0.3) is 0 Å². The third kappa shape index (κ3) is 4.24. The maximum atomic E-state index is 5.39. The van der Waals surface area contributed by atoms with E-state index in [1.165, 1.54) is 98.7 Å². The van der Waals surface area contributed by atoms with Gasteiger partial charge in [0, 0.05) is 16.7 Å². The Morgan fingerprint density at radius 2 is 0.882 bits per heavy atom. The number of rotatable bonds is 3. The Hall–Kier alpha value is -5.02. The van der Waals surface area contributed by atoms with Crippen LogP contribution in [0.25, 0.3) is 71.9 Å². The largest absolute Gasteiger partial charge is 0.292 e. The summed E-state index contributed by atoms with van der Waals surface area (Å²) in [5.74, 6) is 0.966. The molecule has 0 N–H and O–H groups in total. The summed E-state index contributed by atoms with van der Waals surface area (Å²) >= 11 is 0. The zero-order chi connectivity index (χ0) is 35.5. The highest BCUT2D eigenvalue weighted by molar-refractivity contribution is 6.65. The van der Waals surface area contributed by atoms with Crippen molar-refractivity contribution in [2.75, 3.05) is 0 Å². The van der Waals surface area contributed by atoms with Crippen LogP contribution in [-0.2, 0) is 5.41 Å². The summed E-state index contributed by atoms with van der Waals surface area (Å²) in [5, 5.41) is 4.96. The standard InChI is InChI=1S/C42H37B7N2/c1-42(2)32-29(30-33(42)38(47)40(49)39(48)36(30)45)35(44)37(46)31(34(32)43)27-21-14-6-8-16-23(21)28(24-17-9-7-15-22(24)27)41-50-25-18-10-11-19-26(25)51(41)20-12-4-3-5-13-20/h3-19H,43-49H2,1-2H3. The normalized spacial score (nSPS) is 13.2. The minimum Gasteiger partial charge on any atom is -0.292 e. The lowest BCUT2D eigenvalue weighted by Crippen LogP contribution is -2.51. The molecule has 1 aromatic heterocycles. The van der Waals surface area contributed by atoms with Gasteiger partial charge in [0.2, 0.25) is 0 Å². The zero-order valence-corrected chi connectivity index (χ0v) is 31.2. The van der Waals surface area contributed by atoms with Crippen molar-refractivity contribution in [2.45, 2.75) is 19.3 Å². The van der Waals surface area contributed by atoms with Crippen molar-refractivity contribution in [1.82, 2.24) is 9.55 Å². The summed E-state index contributed by atoms with van der Waals surface area (Å²) in [5.41, 5.74) is 22.7. The highest BCUT2D eigenvalue weighted by atomic mass is 15.1. The summed E-state index contributed by atoms with van der Waals surface area (Å²) in [6.07, 6.45) is 0. The fourth-order valence-corrected chi connectivity index (χ4v) is 9.83. The third-order valence-electron chi connectivity index (χ3n) is 12.5. The Kier molecular flexibility index (Phi) is 7.04. The summed E-state index contributed by atoms with van der Waals surface area (Å²) in [4.78, 5) is 5.39. The van der Waals surface area contributed by atoms with Gasteiger partial charge >= 0.3 is 0 Å². The molecule has 0 saturated carbocycles. The van der Waals surface area contributed by atoms with Crippen LogP contribution in [0.2, 0.25) is 0 Å². The molecule has 0 fully saturated rings. The number of para-hydroxylation sites is 3. The summed E-state index contributed by atoms with van der Waals surface area (Å²) in [7, 11) is 16.4. The Morgan fingerprint density at radius 3 is 1.49 bits per heavy atom. The molecule has 0 saturated heterocycles. The Balaban J connectivity index is 1.43. The molecule has 1 aliphatic rings. The molecule has 7 aromatic carbocycles. The zero-order valence-electron chi connectivity index (χ0n) is 31.2. The molecule has 0 radical (unpaired) electrons. The second-order valence-electron chi connectivity index (χ2n) is 15.3. The third-order valence-corrected chi connectivity index (χ3v) is 12.5. The fraction of sp³-hybridized carbons (Fsp3) is 0.0714. The van der Waals surface area contributed by atoms with Crippen molar-refractivity contribution in [3.63, 3.8) is 0 Å². The van der Waals surface area contributed by atoms with E-state index in [4.69, 9.17) is 4.98 Å². The predicted molar refractivity (Wildman–Crippen MR) is 242 cm³/mol. The molecular formula is C42H37B7N2. The van der Waals surface area contributed by atoms with E-state index >= 15 is 0 Å². The van der Waals surface area contributed by atoms with Crippen molar-refractivity contribution in [1.29, 1.82) is 0 Å². The van der Waals surface area contributed by atoms with Crippen molar-refractivity contribution in [3.8, 4) is 39.3 Å². The summed E-state index contributed by atoms with van der Waals surface area (Å²) in [6, 6.07) is 37.2. The topological polar surface area (TPSA) is 17.8 Å². The van der Waals surface area contributed by atoms with Crippen LogP contribution in [-0.4, -0.2) is 64.5 Å². The van der Waals surface area contributed by atoms with Crippen LogP contribution in [0.1, 0.15) is 25.0 Å². The first kappa shape index (κ1) is 31.9. The number of imidazole rings is 1. The molecule has 1 aliphatic carbocycles. The highest BCUT2D eigenvalue weighted by Crippen LogP contribution is 2.48. The first-order valence-electron chi connectivity index (χ1n) is 18.3. The maximum Gasteiger partial charge on any atom is 0.146 e. The van der Waals surface area contributed by atoms with Gasteiger partial charge in [0.15, 0.2) is 0 Å². The molecule has 0 bridgehead atoms. The average molecular weight is 645 g/mol. The molecule has 9 rings (SSSR count). The van der Waals surface area contributed by atoms with Gasteiger partial charge < -0.3 is 0 Å². The molecule has 0 spiro atoms. The van der Waals surface area contributed by atoms with E-state index < -0.39 is 0 Å². The average Bonchev–Trinajstić information content (AvgIpc) is 3.64. The molecule has 9 heteroatoms. The molecular weight excluding hydrogens is 608 g/mol. The predicted octanol–water partition coefficient (Wildman–Crippen LogP) is -1.22. The van der Waals surface area contributed by atoms with Crippen molar-refractivity contribution >= 4 is 126 Å². The number of hydrogen-bond acceptors (Lipinski definition) is 1. The lowest BCUT2D eigenvalue weighted by molar-refractivity contribution is 0.670. The van der Waals surface area contributed by atoms with E-state index in [1.54, 1.807) is 0 Å². The molecule has 8 aromatic rings. The molecule has 0 atom stereocenters. The van der Waals surface area contributed by atoms with Gasteiger partial charge in [0.05, 0.1) is 11.0 Å². The van der Waals surface area contributed by atoms with Crippen LogP contribution in [0, 0.1) is 0 Å². The second-order valence-corrected chi connectivity index (χ2v) is 15.3. The van der Waals surface area contributed by atoms with Gasteiger partial charge in [-0.05, 0) is 79.2 Å². The molecule has 236 valence electrons. The number of aromatic nitrogens is 2. The first-order chi connectivity index (χ1) is 24.5. The molecule has 51 heavy (non-hydrogen) atoms. The van der Waals surface area contributed by atoms with Crippen LogP contribution in [0.4, 0.5) is 0 Å². The number of nitrogens with zero attached hydrogens (tertiary/aromatic N) is 2. The molecule has 0 unspecified atom stereocenters. The van der Waals surface area contributed by atoms with Crippen LogP contribution >= 0.6 is 0 Å². The maximum absolute atomic E-state index is 5.39. The lowest BCUT2D eigenvalue weighted by Gasteiger charge is -2.30. The minimum atomic E-state index is -0.124. The van der Waals surface area contributed by atoms with Gasteiger partial charge in [-0.3, -0.25) is 4.57 Å².